The van der Waals surface area contributed by atoms with Crippen molar-refractivity contribution in [1.29, 1.82) is 0 Å². The first kappa shape index (κ1) is 41.9. The van der Waals surface area contributed by atoms with Crippen molar-refractivity contribution in [2.45, 2.75) is 77.5 Å². The van der Waals surface area contributed by atoms with Crippen LogP contribution >= 0.6 is 0 Å². The zero-order valence-electron chi connectivity index (χ0n) is 34.7. The fourth-order valence-electron chi connectivity index (χ4n) is 8.00. The monoisotopic (exact) mass is 824 g/mol. The molecule has 17 heteroatoms. The van der Waals surface area contributed by atoms with Gasteiger partial charge in [0.1, 0.15) is 40.9 Å². The number of imidazole rings is 2. The molecule has 0 radical (unpaired) electrons. The smallest absolute Gasteiger partial charge is 0.407 e. The van der Waals surface area contributed by atoms with E-state index in [-0.39, 0.29) is 41.7 Å². The molecule has 2 aliphatic rings. The van der Waals surface area contributed by atoms with E-state index in [1.54, 1.807) is 46.5 Å². The number of hydrogen-bond acceptors (Lipinski definition) is 11. The van der Waals surface area contributed by atoms with Crippen molar-refractivity contribution in [2.75, 3.05) is 40.5 Å². The topological polar surface area (TPSA) is 214 Å². The summed E-state index contributed by atoms with van der Waals surface area (Å²) in [5.74, 6) is 0.477. The lowest BCUT2D eigenvalue weighted by molar-refractivity contribution is -0.144. The second-order valence-electron chi connectivity index (χ2n) is 15.5. The van der Waals surface area contributed by atoms with Crippen LogP contribution in [0.15, 0.2) is 58.0 Å². The van der Waals surface area contributed by atoms with E-state index in [9.17, 15) is 24.0 Å². The molecule has 0 aliphatic carbocycles. The predicted molar refractivity (Wildman–Crippen MR) is 222 cm³/mol. The summed E-state index contributed by atoms with van der Waals surface area (Å²) >= 11 is 0. The van der Waals surface area contributed by atoms with E-state index in [2.05, 4.69) is 30.6 Å². The highest BCUT2D eigenvalue weighted by Crippen LogP contribution is 2.34. The molecular formula is C43H52N8O9. The standard InChI is InChI=1S/C43H52N8O9/c1-7-23(3)35(48-42(55)57-5)40(53)50-15-9-10-31(50)38-44-21-30(46-38)26-11-13-27-34(19-26)60-33-14-12-25(18-28(33)37(27)52)29-20-45-39(47-29)32-22-59-17-16-51(32)41(54)36(24(4)8-2)49-43(56)58-6/h11-14,18-21,23-24,31-32,35-36H,7-10,15-17,22H2,1-6H3,(H,44,46)(H,45,47)(H,48,55)(H,49,56)/t23-,24-,31-,32-,35-,36-/m0/s1. The minimum atomic E-state index is -0.785. The number of H-pyrrole nitrogens is 2. The molecule has 318 valence electrons. The summed E-state index contributed by atoms with van der Waals surface area (Å²) in [7, 11) is 2.54. The highest BCUT2D eigenvalue weighted by molar-refractivity contribution is 5.93. The average molecular weight is 825 g/mol. The van der Waals surface area contributed by atoms with Gasteiger partial charge in [0.25, 0.3) is 0 Å². The van der Waals surface area contributed by atoms with Crippen LogP contribution < -0.4 is 16.1 Å². The van der Waals surface area contributed by atoms with E-state index in [0.717, 1.165) is 12.0 Å². The number of benzene rings is 2. The Hall–Kier alpha value is -6.23. The van der Waals surface area contributed by atoms with Gasteiger partial charge in [0.2, 0.25) is 17.2 Å². The highest BCUT2D eigenvalue weighted by Gasteiger charge is 2.39. The van der Waals surface area contributed by atoms with Crippen molar-refractivity contribution in [2.24, 2.45) is 11.8 Å². The van der Waals surface area contributed by atoms with Gasteiger partial charge in [-0.1, -0.05) is 46.6 Å². The van der Waals surface area contributed by atoms with Crippen molar-refractivity contribution in [3.05, 3.63) is 70.7 Å². The van der Waals surface area contributed by atoms with Gasteiger partial charge in [-0.3, -0.25) is 14.4 Å². The number of carbonyl (C=O) groups excluding carboxylic acids is 4. The Morgan fingerprint density at radius 2 is 1.35 bits per heavy atom. The van der Waals surface area contributed by atoms with Crippen molar-refractivity contribution in [3.8, 4) is 22.5 Å². The first-order valence-corrected chi connectivity index (χ1v) is 20.4. The fraction of sp³-hybridized carbons (Fsp3) is 0.465. The first-order chi connectivity index (χ1) is 29.0. The number of fused-ring (bicyclic) bond motifs is 2. The molecule has 2 saturated heterocycles. The van der Waals surface area contributed by atoms with E-state index in [1.807, 2.05) is 39.8 Å². The number of nitrogens with zero attached hydrogens (tertiary/aromatic N) is 4. The van der Waals surface area contributed by atoms with Gasteiger partial charge in [0.05, 0.1) is 68.0 Å². The molecule has 0 unspecified atom stereocenters. The molecule has 2 aromatic carbocycles. The summed E-state index contributed by atoms with van der Waals surface area (Å²) in [6.45, 7) is 9.18. The van der Waals surface area contributed by atoms with Crippen LogP contribution in [0.2, 0.25) is 0 Å². The van der Waals surface area contributed by atoms with Gasteiger partial charge in [0, 0.05) is 24.2 Å². The Balaban J connectivity index is 1.11. The third-order valence-corrected chi connectivity index (χ3v) is 11.9. The van der Waals surface area contributed by atoms with Gasteiger partial charge in [0.15, 0.2) is 0 Å². The van der Waals surface area contributed by atoms with Crippen molar-refractivity contribution in [1.82, 2.24) is 40.4 Å². The Labute approximate surface area is 346 Å². The lowest BCUT2D eigenvalue weighted by atomic mass is 9.97. The van der Waals surface area contributed by atoms with Crippen LogP contribution in [0.1, 0.15) is 77.1 Å². The molecule has 6 atom stereocenters. The molecule has 17 nitrogen and oxygen atoms in total. The molecule has 2 fully saturated rings. The largest absolute Gasteiger partial charge is 0.456 e. The molecular weight excluding hydrogens is 773 g/mol. The number of ether oxygens (including phenoxy) is 3. The molecule has 7 rings (SSSR count). The van der Waals surface area contributed by atoms with Crippen LogP contribution in [0.5, 0.6) is 0 Å². The maximum absolute atomic E-state index is 13.9. The van der Waals surface area contributed by atoms with Gasteiger partial charge >= 0.3 is 12.2 Å². The van der Waals surface area contributed by atoms with Gasteiger partial charge in [-0.25, -0.2) is 19.6 Å². The molecule has 4 N–H and O–H groups in total. The van der Waals surface area contributed by atoms with Crippen LogP contribution in [-0.2, 0) is 23.8 Å². The summed E-state index contributed by atoms with van der Waals surface area (Å²) in [6.07, 6.45) is 4.91. The zero-order chi connectivity index (χ0) is 42.7. The number of amides is 4. The summed E-state index contributed by atoms with van der Waals surface area (Å²) in [5, 5.41) is 6.21. The van der Waals surface area contributed by atoms with E-state index in [1.165, 1.54) is 14.2 Å². The van der Waals surface area contributed by atoms with Gasteiger partial charge in [-0.05, 0) is 55.0 Å². The average Bonchev–Trinajstić information content (AvgIpc) is 4.08. The third kappa shape index (κ3) is 8.30. The number of likely N-dealkylation sites (tertiary alicyclic amines) is 1. The second-order valence-corrected chi connectivity index (χ2v) is 15.5. The van der Waals surface area contributed by atoms with E-state index in [0.29, 0.717) is 89.5 Å². The number of morpholine rings is 1. The molecule has 5 heterocycles. The van der Waals surface area contributed by atoms with Crippen LogP contribution in [0.25, 0.3) is 44.5 Å². The number of aromatic nitrogens is 4. The quantitative estimate of drug-likeness (QED) is 0.110. The van der Waals surface area contributed by atoms with Gasteiger partial charge in [-0.2, -0.15) is 0 Å². The summed E-state index contributed by atoms with van der Waals surface area (Å²) in [5.41, 5.74) is 3.39. The van der Waals surface area contributed by atoms with E-state index >= 15 is 0 Å². The summed E-state index contributed by atoms with van der Waals surface area (Å²) in [4.78, 5) is 85.3. The van der Waals surface area contributed by atoms with Crippen LogP contribution in [0.3, 0.4) is 0 Å². The Kier molecular flexibility index (Phi) is 12.5. The molecule has 4 amide bonds. The maximum Gasteiger partial charge on any atom is 0.407 e. The predicted octanol–water partition coefficient (Wildman–Crippen LogP) is 5.83. The SMILES string of the molecule is CC[C@H](C)[C@H](NC(=O)OC)C(=O)N1CCC[C@H]1c1ncc(-c2ccc3c(=O)c4cc(-c5cnc([C@@H]6COCCN6C(=O)[C@@H](NC(=O)OC)[C@@H](C)CC)[nH]5)ccc4oc3c2)[nH]1. The van der Waals surface area contributed by atoms with Crippen molar-refractivity contribution in [3.63, 3.8) is 0 Å². The molecule has 0 bridgehead atoms. The third-order valence-electron chi connectivity index (χ3n) is 11.9. The van der Waals surface area contributed by atoms with Crippen molar-refractivity contribution < 1.29 is 37.8 Å². The van der Waals surface area contributed by atoms with Crippen LogP contribution in [0.4, 0.5) is 9.59 Å². The van der Waals surface area contributed by atoms with E-state index in [4.69, 9.17) is 18.6 Å². The lowest BCUT2D eigenvalue weighted by Crippen LogP contribution is -2.55. The number of methoxy groups -OCH3 is 2. The molecule has 0 saturated carbocycles. The van der Waals surface area contributed by atoms with Gasteiger partial charge in [-0.15, -0.1) is 0 Å². The first-order valence-electron chi connectivity index (χ1n) is 20.4. The molecule has 2 aliphatic heterocycles. The number of aromatic amines is 2. The Morgan fingerprint density at radius 3 is 1.95 bits per heavy atom. The molecule has 60 heavy (non-hydrogen) atoms. The summed E-state index contributed by atoms with van der Waals surface area (Å²) in [6, 6.07) is 8.35. The number of nitrogens with one attached hydrogen (secondary N) is 4. The molecule has 3 aromatic heterocycles. The Morgan fingerprint density at radius 1 is 0.783 bits per heavy atom. The van der Waals surface area contributed by atoms with Crippen molar-refractivity contribution >= 4 is 45.9 Å². The van der Waals surface area contributed by atoms with Crippen LogP contribution in [0, 0.1) is 11.8 Å². The highest BCUT2D eigenvalue weighted by atomic mass is 16.5. The maximum atomic E-state index is 13.9. The van der Waals surface area contributed by atoms with Crippen LogP contribution in [-0.4, -0.2) is 106 Å². The molecule has 5 aromatic rings. The van der Waals surface area contributed by atoms with Gasteiger partial charge < -0.3 is 49.0 Å². The Bertz CT molecular complexity index is 2440. The summed E-state index contributed by atoms with van der Waals surface area (Å²) < 4.78 is 21.7. The normalized spacial score (nSPS) is 18.8. The van der Waals surface area contributed by atoms with E-state index < -0.39 is 30.3 Å². The minimum Gasteiger partial charge on any atom is -0.456 e. The number of rotatable bonds is 12. The number of carbonyl (C=O) groups is 4. The lowest BCUT2D eigenvalue weighted by Gasteiger charge is -2.37. The molecule has 0 spiro atoms. The second kappa shape index (κ2) is 17.9. The fourth-order valence-corrected chi connectivity index (χ4v) is 8.00. The number of hydrogen-bond donors (Lipinski definition) is 4. The minimum absolute atomic E-state index is 0.0993. The zero-order valence-corrected chi connectivity index (χ0v) is 34.7. The number of alkyl carbamates (subject to hydrolysis) is 2.